The van der Waals surface area contributed by atoms with Crippen LogP contribution < -0.4 is 14.2 Å². The number of carbonyl (C=O) groups is 2. The zero-order valence-corrected chi connectivity index (χ0v) is 17.2. The van der Waals surface area contributed by atoms with Crippen LogP contribution in [-0.4, -0.2) is 29.4 Å². The number of hydrogen-bond donors (Lipinski definition) is 0. The minimum atomic E-state index is -0.362. The number of hydrogen-bond acceptors (Lipinski definition) is 6. The monoisotopic (exact) mass is 431 g/mol. The second-order valence-corrected chi connectivity index (χ2v) is 7.85. The molecule has 2 amide bonds. The first-order valence-electron chi connectivity index (χ1n) is 9.12. The summed E-state index contributed by atoms with van der Waals surface area (Å²) in [7, 11) is 0. The molecule has 29 heavy (non-hydrogen) atoms. The lowest BCUT2D eigenvalue weighted by Crippen LogP contribution is -2.27. The summed E-state index contributed by atoms with van der Waals surface area (Å²) in [4.78, 5) is 26.9. The van der Waals surface area contributed by atoms with Gasteiger partial charge in [-0.1, -0.05) is 36.7 Å². The van der Waals surface area contributed by atoms with E-state index >= 15 is 0 Å². The van der Waals surface area contributed by atoms with E-state index in [-0.39, 0.29) is 24.5 Å². The van der Waals surface area contributed by atoms with E-state index < -0.39 is 0 Å². The lowest BCUT2D eigenvalue weighted by Gasteiger charge is -2.14. The summed E-state index contributed by atoms with van der Waals surface area (Å²) in [6.45, 7) is 2.79. The fourth-order valence-electron chi connectivity index (χ4n) is 2.97. The standard InChI is InChI=1S/C21H18ClNO5S/c1-2-7-26-16-6-4-3-5-13(16)9-19-20(24)23(21(25)29-19)11-14-8-17-18(10-15(14)22)28-12-27-17/h3-6,8-10H,2,7,11-12H2,1H3/b19-9+. The quantitative estimate of drug-likeness (QED) is 0.593. The molecule has 0 unspecified atom stereocenters. The number of nitrogens with zero attached hydrogens (tertiary/aromatic N) is 1. The minimum absolute atomic E-state index is 0.0610. The third-order valence-electron chi connectivity index (χ3n) is 4.41. The van der Waals surface area contributed by atoms with Crippen LogP contribution in [0.5, 0.6) is 17.2 Å². The van der Waals surface area contributed by atoms with Gasteiger partial charge in [-0.3, -0.25) is 14.5 Å². The third-order valence-corrected chi connectivity index (χ3v) is 5.67. The molecule has 1 fully saturated rings. The van der Waals surface area contributed by atoms with Gasteiger partial charge in [0.2, 0.25) is 6.79 Å². The van der Waals surface area contributed by atoms with E-state index in [0.29, 0.717) is 39.3 Å². The average Bonchev–Trinajstić information content (AvgIpc) is 3.26. The number of imide groups is 1. The molecule has 0 aromatic heterocycles. The summed E-state index contributed by atoms with van der Waals surface area (Å²) >= 11 is 7.20. The number of fused-ring (bicyclic) bond motifs is 1. The summed E-state index contributed by atoms with van der Waals surface area (Å²) < 4.78 is 16.4. The number of carbonyl (C=O) groups excluding carboxylic acids is 2. The number of amides is 2. The molecule has 0 radical (unpaired) electrons. The van der Waals surface area contributed by atoms with E-state index in [9.17, 15) is 9.59 Å². The van der Waals surface area contributed by atoms with Gasteiger partial charge in [0.1, 0.15) is 5.75 Å². The molecule has 2 heterocycles. The molecule has 0 N–H and O–H groups in total. The highest BCUT2D eigenvalue weighted by atomic mass is 35.5. The van der Waals surface area contributed by atoms with Crippen LogP contribution in [0.1, 0.15) is 24.5 Å². The van der Waals surface area contributed by atoms with Crippen molar-refractivity contribution in [3.63, 3.8) is 0 Å². The molecular weight excluding hydrogens is 414 g/mol. The molecule has 0 bridgehead atoms. The number of halogens is 1. The zero-order chi connectivity index (χ0) is 20.4. The van der Waals surface area contributed by atoms with Crippen LogP contribution in [0.3, 0.4) is 0 Å². The predicted molar refractivity (Wildman–Crippen MR) is 111 cm³/mol. The van der Waals surface area contributed by atoms with E-state index in [1.807, 2.05) is 31.2 Å². The molecule has 2 aromatic rings. The molecule has 6 nitrogen and oxygen atoms in total. The second kappa shape index (κ2) is 8.39. The van der Waals surface area contributed by atoms with Gasteiger partial charge in [0.25, 0.3) is 11.1 Å². The summed E-state index contributed by atoms with van der Waals surface area (Å²) in [6.07, 6.45) is 2.57. The van der Waals surface area contributed by atoms with Gasteiger partial charge >= 0.3 is 0 Å². The Balaban J connectivity index is 1.56. The molecule has 2 aliphatic heterocycles. The Morgan fingerprint density at radius 3 is 2.76 bits per heavy atom. The van der Waals surface area contributed by atoms with Gasteiger partial charge in [-0.15, -0.1) is 0 Å². The maximum absolute atomic E-state index is 12.9. The Bertz CT molecular complexity index is 1010. The number of ether oxygens (including phenoxy) is 3. The smallest absolute Gasteiger partial charge is 0.293 e. The van der Waals surface area contributed by atoms with Gasteiger partial charge < -0.3 is 14.2 Å². The lowest BCUT2D eigenvalue weighted by molar-refractivity contribution is -0.123. The van der Waals surface area contributed by atoms with Crippen molar-refractivity contribution in [1.29, 1.82) is 0 Å². The number of benzene rings is 2. The van der Waals surface area contributed by atoms with Crippen molar-refractivity contribution in [1.82, 2.24) is 4.90 Å². The second-order valence-electron chi connectivity index (χ2n) is 6.45. The van der Waals surface area contributed by atoms with E-state index in [1.54, 1.807) is 18.2 Å². The SMILES string of the molecule is CCCOc1ccccc1/C=C1/SC(=O)N(Cc2cc3c(cc2Cl)OCO3)C1=O. The number of rotatable bonds is 6. The van der Waals surface area contributed by atoms with Gasteiger partial charge in [0.05, 0.1) is 18.1 Å². The summed E-state index contributed by atoms with van der Waals surface area (Å²) in [5.41, 5.74) is 1.37. The van der Waals surface area contributed by atoms with Gasteiger partial charge in [0, 0.05) is 16.7 Å². The van der Waals surface area contributed by atoms with Crippen molar-refractivity contribution in [3.8, 4) is 17.2 Å². The average molecular weight is 432 g/mol. The third kappa shape index (κ3) is 4.06. The van der Waals surface area contributed by atoms with Gasteiger partial charge in [-0.05, 0) is 42.0 Å². The van der Waals surface area contributed by atoms with Crippen molar-refractivity contribution in [3.05, 3.63) is 57.5 Å². The van der Waals surface area contributed by atoms with E-state index in [0.717, 1.165) is 23.7 Å². The molecule has 0 aliphatic carbocycles. The topological polar surface area (TPSA) is 65.1 Å². The highest BCUT2D eigenvalue weighted by molar-refractivity contribution is 8.18. The van der Waals surface area contributed by atoms with Crippen LogP contribution in [0, 0.1) is 0 Å². The van der Waals surface area contributed by atoms with Crippen LogP contribution in [-0.2, 0) is 11.3 Å². The Labute approximate surface area is 177 Å². The number of para-hydroxylation sites is 1. The molecule has 0 atom stereocenters. The van der Waals surface area contributed by atoms with E-state index in [2.05, 4.69) is 0 Å². The van der Waals surface area contributed by atoms with Crippen LogP contribution in [0.4, 0.5) is 4.79 Å². The van der Waals surface area contributed by atoms with Gasteiger partial charge in [-0.2, -0.15) is 0 Å². The van der Waals surface area contributed by atoms with Crippen molar-refractivity contribution >= 4 is 40.6 Å². The van der Waals surface area contributed by atoms with Gasteiger partial charge in [0.15, 0.2) is 11.5 Å². The fraction of sp³-hybridized carbons (Fsp3) is 0.238. The molecule has 1 saturated heterocycles. The maximum atomic E-state index is 12.9. The Kier molecular flexibility index (Phi) is 5.69. The Morgan fingerprint density at radius 2 is 1.97 bits per heavy atom. The molecule has 4 rings (SSSR count). The first-order valence-corrected chi connectivity index (χ1v) is 10.3. The molecule has 2 aliphatic rings. The molecule has 150 valence electrons. The van der Waals surface area contributed by atoms with Crippen LogP contribution in [0.2, 0.25) is 5.02 Å². The Morgan fingerprint density at radius 1 is 1.21 bits per heavy atom. The minimum Gasteiger partial charge on any atom is -0.493 e. The highest BCUT2D eigenvalue weighted by Crippen LogP contribution is 2.39. The van der Waals surface area contributed by atoms with Crippen molar-refractivity contribution in [2.75, 3.05) is 13.4 Å². The number of thioether (sulfide) groups is 1. The van der Waals surface area contributed by atoms with Crippen LogP contribution in [0.25, 0.3) is 6.08 Å². The maximum Gasteiger partial charge on any atom is 0.293 e. The first kappa shape index (κ1) is 19.7. The summed E-state index contributed by atoms with van der Waals surface area (Å²) in [6, 6.07) is 10.8. The summed E-state index contributed by atoms with van der Waals surface area (Å²) in [5, 5.41) is 0.0672. The molecular formula is C21H18ClNO5S. The normalized spacial score (nSPS) is 16.8. The van der Waals surface area contributed by atoms with E-state index in [1.165, 1.54) is 4.90 Å². The van der Waals surface area contributed by atoms with Crippen molar-refractivity contribution < 1.29 is 23.8 Å². The highest BCUT2D eigenvalue weighted by Gasteiger charge is 2.36. The molecule has 0 saturated carbocycles. The van der Waals surface area contributed by atoms with Crippen molar-refractivity contribution in [2.45, 2.75) is 19.9 Å². The summed E-state index contributed by atoms with van der Waals surface area (Å²) in [5.74, 6) is 1.42. The lowest BCUT2D eigenvalue weighted by atomic mass is 10.1. The predicted octanol–water partition coefficient (Wildman–Crippen LogP) is 5.09. The van der Waals surface area contributed by atoms with Gasteiger partial charge in [-0.25, -0.2) is 0 Å². The Hall–Kier alpha value is -2.64. The fourth-order valence-corrected chi connectivity index (χ4v) is 4.01. The molecule has 0 spiro atoms. The van der Waals surface area contributed by atoms with Crippen molar-refractivity contribution in [2.24, 2.45) is 0 Å². The van der Waals surface area contributed by atoms with E-state index in [4.69, 9.17) is 25.8 Å². The largest absolute Gasteiger partial charge is 0.493 e. The molecule has 8 heteroatoms. The van der Waals surface area contributed by atoms with Crippen LogP contribution >= 0.6 is 23.4 Å². The molecule has 2 aromatic carbocycles. The van der Waals surface area contributed by atoms with Crippen LogP contribution in [0.15, 0.2) is 41.3 Å². The first-order chi connectivity index (χ1) is 14.1. The zero-order valence-electron chi connectivity index (χ0n) is 15.6.